The van der Waals surface area contributed by atoms with Crippen LogP contribution in [-0.4, -0.2) is 29.8 Å². The molecular weight excluding hydrogens is 261 g/mol. The Hall–Kier alpha value is -0.880. The molecule has 1 unspecified atom stereocenters. The molecule has 0 saturated carbocycles. The largest absolute Gasteiger partial charge is 0.441 e. The van der Waals surface area contributed by atoms with Crippen molar-refractivity contribution in [3.8, 4) is 0 Å². The van der Waals surface area contributed by atoms with E-state index in [9.17, 15) is 13.2 Å². The fourth-order valence-corrected chi connectivity index (χ4v) is 2.18. The first-order valence-electron chi connectivity index (χ1n) is 5.56. The Morgan fingerprint density at radius 1 is 1.39 bits per heavy atom. The maximum absolute atomic E-state index is 12.0. The Morgan fingerprint density at radius 3 is 2.61 bits per heavy atom. The summed E-state index contributed by atoms with van der Waals surface area (Å²) in [6, 6.07) is 7.45. The minimum Gasteiger partial charge on any atom is -0.399 e. The highest BCUT2D eigenvalue weighted by Crippen LogP contribution is 2.30. The summed E-state index contributed by atoms with van der Waals surface area (Å²) in [4.78, 5) is 1.88. The summed E-state index contributed by atoms with van der Waals surface area (Å²) >= 11 is 0.0113. The number of thioether (sulfide) groups is 1. The van der Waals surface area contributed by atoms with E-state index < -0.39 is 5.51 Å². The van der Waals surface area contributed by atoms with Crippen LogP contribution in [0.2, 0.25) is 0 Å². The van der Waals surface area contributed by atoms with E-state index in [0.717, 1.165) is 5.56 Å². The molecule has 2 nitrogen and oxygen atoms in total. The Bertz CT molecular complexity index is 382. The van der Waals surface area contributed by atoms with E-state index in [1.54, 1.807) is 6.07 Å². The Labute approximate surface area is 109 Å². The van der Waals surface area contributed by atoms with Gasteiger partial charge >= 0.3 is 5.51 Å². The molecule has 0 aliphatic carbocycles. The number of nitrogens with zero attached hydrogens (tertiary/aromatic N) is 1. The monoisotopic (exact) mass is 278 g/mol. The molecule has 0 aliphatic heterocycles. The number of nitrogens with two attached hydrogens (primary N) is 1. The maximum Gasteiger partial charge on any atom is 0.441 e. The van der Waals surface area contributed by atoms with Crippen molar-refractivity contribution in [2.24, 2.45) is 0 Å². The van der Waals surface area contributed by atoms with Gasteiger partial charge in [0.25, 0.3) is 0 Å². The second kappa shape index (κ2) is 6.33. The summed E-state index contributed by atoms with van der Waals surface area (Å²) in [5, 5.41) is 0. The van der Waals surface area contributed by atoms with Crippen molar-refractivity contribution in [3.05, 3.63) is 29.8 Å². The van der Waals surface area contributed by atoms with Gasteiger partial charge in [0.1, 0.15) is 0 Å². The molecule has 0 radical (unpaired) electrons. The predicted octanol–water partition coefficient (Wildman–Crippen LogP) is 3.51. The summed E-state index contributed by atoms with van der Waals surface area (Å²) < 4.78 is 36.0. The summed E-state index contributed by atoms with van der Waals surface area (Å²) in [7, 11) is 1.81. The van der Waals surface area contributed by atoms with E-state index in [1.165, 1.54) is 0 Å². The number of halogens is 3. The fourth-order valence-electron chi connectivity index (χ4n) is 1.57. The Morgan fingerprint density at radius 2 is 2.06 bits per heavy atom. The molecule has 2 N–H and O–H groups in total. The standard InChI is InChI=1S/C12H17F3N2S/c1-9(10-4-3-5-11(16)8-10)17(2)6-7-18-12(13,14)15/h3-5,8-9H,6-7,16H2,1-2H3. The number of benzene rings is 1. The van der Waals surface area contributed by atoms with E-state index in [4.69, 9.17) is 5.73 Å². The quantitative estimate of drug-likeness (QED) is 0.836. The second-order valence-electron chi connectivity index (χ2n) is 4.12. The number of alkyl halides is 3. The zero-order chi connectivity index (χ0) is 13.8. The SMILES string of the molecule is CC(c1cccc(N)c1)N(C)CCSC(F)(F)F. The van der Waals surface area contributed by atoms with E-state index in [2.05, 4.69) is 0 Å². The smallest absolute Gasteiger partial charge is 0.399 e. The molecule has 0 bridgehead atoms. The third-order valence-electron chi connectivity index (χ3n) is 2.76. The molecule has 1 aromatic carbocycles. The first-order chi connectivity index (χ1) is 8.29. The van der Waals surface area contributed by atoms with Crippen molar-refractivity contribution in [2.75, 3.05) is 25.1 Å². The fraction of sp³-hybridized carbons (Fsp3) is 0.500. The van der Waals surface area contributed by atoms with Gasteiger partial charge in [-0.2, -0.15) is 13.2 Å². The highest BCUT2D eigenvalue weighted by Gasteiger charge is 2.27. The average molecular weight is 278 g/mol. The summed E-state index contributed by atoms with van der Waals surface area (Å²) in [6.07, 6.45) is 0. The first kappa shape index (κ1) is 15.2. The minimum absolute atomic E-state index is 0.0113. The van der Waals surface area contributed by atoms with Crippen molar-refractivity contribution >= 4 is 17.4 Å². The van der Waals surface area contributed by atoms with Gasteiger partial charge in [0.15, 0.2) is 0 Å². The molecule has 102 valence electrons. The zero-order valence-corrected chi connectivity index (χ0v) is 11.2. The molecule has 0 amide bonds. The minimum atomic E-state index is -4.15. The highest BCUT2D eigenvalue weighted by atomic mass is 32.2. The molecule has 0 aliphatic rings. The van der Waals surface area contributed by atoms with Crippen LogP contribution in [0.25, 0.3) is 0 Å². The normalized spacial score (nSPS) is 13.9. The van der Waals surface area contributed by atoms with E-state index in [1.807, 2.05) is 37.1 Å². The molecule has 0 aromatic heterocycles. The lowest BCUT2D eigenvalue weighted by Crippen LogP contribution is -2.25. The van der Waals surface area contributed by atoms with Gasteiger partial charge in [-0.25, -0.2) is 0 Å². The van der Waals surface area contributed by atoms with Crippen molar-refractivity contribution in [1.82, 2.24) is 4.90 Å². The van der Waals surface area contributed by atoms with Gasteiger partial charge in [-0.1, -0.05) is 12.1 Å². The van der Waals surface area contributed by atoms with Gasteiger partial charge in [0.2, 0.25) is 0 Å². The second-order valence-corrected chi connectivity index (χ2v) is 5.28. The predicted molar refractivity (Wildman–Crippen MR) is 70.4 cm³/mol. The average Bonchev–Trinajstić information content (AvgIpc) is 2.26. The van der Waals surface area contributed by atoms with Crippen LogP contribution in [0.4, 0.5) is 18.9 Å². The molecule has 0 fully saturated rings. The third-order valence-corrected chi connectivity index (χ3v) is 3.48. The molecule has 1 aromatic rings. The van der Waals surface area contributed by atoms with Crippen molar-refractivity contribution in [2.45, 2.75) is 18.5 Å². The van der Waals surface area contributed by atoms with Crippen LogP contribution in [0.3, 0.4) is 0 Å². The van der Waals surface area contributed by atoms with Crippen molar-refractivity contribution < 1.29 is 13.2 Å². The van der Waals surface area contributed by atoms with Crippen LogP contribution in [0.15, 0.2) is 24.3 Å². The van der Waals surface area contributed by atoms with Crippen molar-refractivity contribution in [3.63, 3.8) is 0 Å². The molecule has 1 atom stereocenters. The summed E-state index contributed by atoms with van der Waals surface area (Å²) in [5.74, 6) is 0.0344. The number of rotatable bonds is 5. The maximum atomic E-state index is 12.0. The lowest BCUT2D eigenvalue weighted by Gasteiger charge is -2.25. The Balaban J connectivity index is 2.49. The van der Waals surface area contributed by atoms with Crippen LogP contribution >= 0.6 is 11.8 Å². The molecule has 0 spiro atoms. The van der Waals surface area contributed by atoms with Crippen LogP contribution in [0.5, 0.6) is 0 Å². The molecule has 1 rings (SSSR count). The van der Waals surface area contributed by atoms with E-state index in [0.29, 0.717) is 12.2 Å². The number of hydrogen-bond donors (Lipinski definition) is 1. The van der Waals surface area contributed by atoms with Crippen LogP contribution in [0, 0.1) is 0 Å². The molecule has 6 heteroatoms. The van der Waals surface area contributed by atoms with Gasteiger partial charge in [0.05, 0.1) is 0 Å². The van der Waals surface area contributed by atoms with Gasteiger partial charge in [0, 0.05) is 24.0 Å². The van der Waals surface area contributed by atoms with Crippen molar-refractivity contribution in [1.29, 1.82) is 0 Å². The van der Waals surface area contributed by atoms with Crippen LogP contribution in [0.1, 0.15) is 18.5 Å². The van der Waals surface area contributed by atoms with Gasteiger partial charge in [-0.15, -0.1) is 0 Å². The lowest BCUT2D eigenvalue weighted by atomic mass is 10.1. The number of hydrogen-bond acceptors (Lipinski definition) is 3. The van der Waals surface area contributed by atoms with Crippen LogP contribution in [-0.2, 0) is 0 Å². The third kappa shape index (κ3) is 5.18. The molecule has 0 saturated heterocycles. The van der Waals surface area contributed by atoms with Gasteiger partial charge in [-0.3, -0.25) is 4.90 Å². The molecule has 18 heavy (non-hydrogen) atoms. The number of nitrogen functional groups attached to an aromatic ring is 1. The summed E-state index contributed by atoms with van der Waals surface area (Å²) in [6.45, 7) is 2.33. The topological polar surface area (TPSA) is 29.3 Å². The van der Waals surface area contributed by atoms with Gasteiger partial charge in [-0.05, 0) is 43.4 Å². The van der Waals surface area contributed by atoms with Crippen LogP contribution < -0.4 is 5.73 Å². The zero-order valence-electron chi connectivity index (χ0n) is 10.4. The summed E-state index contributed by atoms with van der Waals surface area (Å²) in [5.41, 5.74) is 3.20. The van der Waals surface area contributed by atoms with Gasteiger partial charge < -0.3 is 5.73 Å². The first-order valence-corrected chi connectivity index (χ1v) is 6.54. The molecule has 0 heterocycles. The number of anilines is 1. The molecular formula is C12H17F3N2S. The van der Waals surface area contributed by atoms with E-state index >= 15 is 0 Å². The lowest BCUT2D eigenvalue weighted by molar-refractivity contribution is -0.0328. The Kier molecular flexibility index (Phi) is 5.34. The highest BCUT2D eigenvalue weighted by molar-refractivity contribution is 8.00. The van der Waals surface area contributed by atoms with E-state index in [-0.39, 0.29) is 23.6 Å².